The Hall–Kier alpha value is -3.55. The molecule has 1 heterocycles. The number of nitrogens with two attached hydrogens (primary N) is 1. The van der Waals surface area contributed by atoms with Gasteiger partial charge in [0.25, 0.3) is 0 Å². The standard InChI is InChI=1S/C22H26N4O4/c1-15-13-21(28)24-18-5-3-4-6-19(18)26(15)22(29)14-25(12-11-20(23)27)16-7-9-17(30-2)10-8-16/h3-10,15H,11-14H2,1-2H3,(H2,23,27)(H,24,28). The number of rotatable bonds is 7. The van der Waals surface area contributed by atoms with Crippen molar-refractivity contribution in [3.8, 4) is 5.75 Å². The summed E-state index contributed by atoms with van der Waals surface area (Å²) in [5, 5.41) is 2.85. The van der Waals surface area contributed by atoms with E-state index in [0.29, 0.717) is 23.7 Å². The normalized spacial score (nSPS) is 15.6. The zero-order chi connectivity index (χ0) is 21.7. The predicted molar refractivity (Wildman–Crippen MR) is 116 cm³/mol. The second-order valence-corrected chi connectivity index (χ2v) is 7.22. The van der Waals surface area contributed by atoms with E-state index in [4.69, 9.17) is 10.5 Å². The van der Waals surface area contributed by atoms with Crippen molar-refractivity contribution in [2.24, 2.45) is 5.73 Å². The number of amides is 3. The van der Waals surface area contributed by atoms with Gasteiger partial charge in [0, 0.05) is 31.1 Å². The molecule has 3 N–H and O–H groups in total. The smallest absolute Gasteiger partial charge is 0.246 e. The molecular formula is C22H26N4O4. The molecule has 0 saturated carbocycles. The number of hydrogen-bond acceptors (Lipinski definition) is 5. The van der Waals surface area contributed by atoms with Gasteiger partial charge in [-0.2, -0.15) is 0 Å². The van der Waals surface area contributed by atoms with Gasteiger partial charge >= 0.3 is 0 Å². The summed E-state index contributed by atoms with van der Waals surface area (Å²) in [7, 11) is 1.58. The second-order valence-electron chi connectivity index (χ2n) is 7.22. The van der Waals surface area contributed by atoms with Crippen molar-refractivity contribution in [3.05, 3.63) is 48.5 Å². The van der Waals surface area contributed by atoms with Crippen LogP contribution < -0.4 is 25.6 Å². The van der Waals surface area contributed by atoms with E-state index in [1.807, 2.05) is 42.2 Å². The molecule has 0 radical (unpaired) electrons. The maximum Gasteiger partial charge on any atom is 0.246 e. The van der Waals surface area contributed by atoms with Gasteiger partial charge in [0.2, 0.25) is 17.7 Å². The Bertz CT molecular complexity index is 929. The maximum atomic E-state index is 13.4. The third-order valence-electron chi connectivity index (χ3n) is 5.02. The molecule has 2 aromatic rings. The molecule has 1 unspecified atom stereocenters. The number of para-hydroxylation sites is 2. The average molecular weight is 410 g/mol. The number of benzene rings is 2. The minimum atomic E-state index is -0.441. The first kappa shape index (κ1) is 21.2. The van der Waals surface area contributed by atoms with Gasteiger partial charge in [0.05, 0.1) is 25.0 Å². The van der Waals surface area contributed by atoms with E-state index >= 15 is 0 Å². The fraction of sp³-hybridized carbons (Fsp3) is 0.318. The van der Waals surface area contributed by atoms with Gasteiger partial charge in [-0.3, -0.25) is 14.4 Å². The van der Waals surface area contributed by atoms with Crippen LogP contribution in [0.2, 0.25) is 0 Å². The lowest BCUT2D eigenvalue weighted by atomic mass is 10.1. The summed E-state index contributed by atoms with van der Waals surface area (Å²) in [6, 6.07) is 14.2. The quantitative estimate of drug-likeness (QED) is 0.728. The van der Waals surface area contributed by atoms with Crippen LogP contribution in [0.15, 0.2) is 48.5 Å². The van der Waals surface area contributed by atoms with Crippen LogP contribution in [0.3, 0.4) is 0 Å². The summed E-state index contributed by atoms with van der Waals surface area (Å²) in [5.74, 6) is -0.0541. The van der Waals surface area contributed by atoms with Crippen LogP contribution in [0.1, 0.15) is 19.8 Å². The van der Waals surface area contributed by atoms with E-state index in [1.54, 1.807) is 30.2 Å². The number of primary amides is 1. The highest BCUT2D eigenvalue weighted by Crippen LogP contribution is 2.31. The number of carbonyl (C=O) groups excluding carboxylic acids is 3. The van der Waals surface area contributed by atoms with Crippen molar-refractivity contribution in [3.63, 3.8) is 0 Å². The zero-order valence-corrected chi connectivity index (χ0v) is 17.1. The van der Waals surface area contributed by atoms with Crippen LogP contribution in [-0.2, 0) is 14.4 Å². The molecule has 8 heteroatoms. The van der Waals surface area contributed by atoms with Crippen LogP contribution in [0.4, 0.5) is 17.1 Å². The number of anilines is 3. The van der Waals surface area contributed by atoms with E-state index in [2.05, 4.69) is 5.32 Å². The van der Waals surface area contributed by atoms with Crippen LogP contribution in [-0.4, -0.2) is 44.0 Å². The van der Waals surface area contributed by atoms with Crippen LogP contribution in [0, 0.1) is 0 Å². The first-order chi connectivity index (χ1) is 14.4. The molecule has 1 aliphatic rings. The Morgan fingerprint density at radius 3 is 2.57 bits per heavy atom. The number of methoxy groups -OCH3 is 1. The first-order valence-corrected chi connectivity index (χ1v) is 9.77. The molecule has 0 bridgehead atoms. The highest BCUT2D eigenvalue weighted by Gasteiger charge is 2.30. The lowest BCUT2D eigenvalue weighted by molar-refractivity contribution is -0.119. The molecule has 158 valence electrons. The monoisotopic (exact) mass is 410 g/mol. The van der Waals surface area contributed by atoms with Gasteiger partial charge in [-0.25, -0.2) is 0 Å². The van der Waals surface area contributed by atoms with E-state index in [0.717, 1.165) is 5.69 Å². The number of nitrogens with one attached hydrogen (secondary N) is 1. The van der Waals surface area contributed by atoms with Gasteiger partial charge in [-0.05, 0) is 43.3 Å². The number of fused-ring (bicyclic) bond motifs is 1. The van der Waals surface area contributed by atoms with Gasteiger partial charge in [0.15, 0.2) is 0 Å². The molecule has 8 nitrogen and oxygen atoms in total. The summed E-state index contributed by atoms with van der Waals surface area (Å²) >= 11 is 0. The molecule has 0 fully saturated rings. The lowest BCUT2D eigenvalue weighted by Gasteiger charge is -2.31. The van der Waals surface area contributed by atoms with Crippen molar-refractivity contribution < 1.29 is 19.1 Å². The van der Waals surface area contributed by atoms with E-state index < -0.39 is 5.91 Å². The molecule has 1 aliphatic heterocycles. The molecule has 0 aromatic heterocycles. The largest absolute Gasteiger partial charge is 0.497 e. The molecular weight excluding hydrogens is 384 g/mol. The number of nitrogens with zero attached hydrogens (tertiary/aromatic N) is 2. The van der Waals surface area contributed by atoms with Gasteiger partial charge in [-0.15, -0.1) is 0 Å². The topological polar surface area (TPSA) is 105 Å². The SMILES string of the molecule is COc1ccc(N(CCC(N)=O)CC(=O)N2c3ccccc3NC(=O)CC2C)cc1. The third kappa shape index (κ3) is 4.89. The first-order valence-electron chi connectivity index (χ1n) is 9.77. The summed E-state index contributed by atoms with van der Waals surface area (Å²) in [6.45, 7) is 2.18. The van der Waals surface area contributed by atoms with E-state index in [1.165, 1.54) is 0 Å². The van der Waals surface area contributed by atoms with Crippen molar-refractivity contribution >= 4 is 34.8 Å². The Balaban J connectivity index is 1.88. The fourth-order valence-electron chi connectivity index (χ4n) is 3.54. The Morgan fingerprint density at radius 1 is 1.20 bits per heavy atom. The van der Waals surface area contributed by atoms with Crippen LogP contribution in [0.25, 0.3) is 0 Å². The van der Waals surface area contributed by atoms with Crippen molar-refractivity contribution in [1.29, 1.82) is 0 Å². The van der Waals surface area contributed by atoms with Crippen LogP contribution >= 0.6 is 0 Å². The van der Waals surface area contributed by atoms with Gasteiger partial charge in [-0.1, -0.05) is 12.1 Å². The number of hydrogen-bond donors (Lipinski definition) is 2. The number of ether oxygens (including phenoxy) is 1. The molecule has 1 atom stereocenters. The Kier molecular flexibility index (Phi) is 6.56. The summed E-state index contributed by atoms with van der Waals surface area (Å²) < 4.78 is 5.19. The molecule has 30 heavy (non-hydrogen) atoms. The Morgan fingerprint density at radius 2 is 1.90 bits per heavy atom. The molecule has 0 saturated heterocycles. The second kappa shape index (κ2) is 9.30. The molecule has 3 amide bonds. The molecule has 2 aromatic carbocycles. The Labute approximate surface area is 175 Å². The minimum Gasteiger partial charge on any atom is -0.497 e. The maximum absolute atomic E-state index is 13.4. The van der Waals surface area contributed by atoms with E-state index in [9.17, 15) is 14.4 Å². The molecule has 0 spiro atoms. The summed E-state index contributed by atoms with van der Waals surface area (Å²) in [4.78, 5) is 40.4. The minimum absolute atomic E-state index is 0.0342. The summed E-state index contributed by atoms with van der Waals surface area (Å²) in [5.41, 5.74) is 7.37. The van der Waals surface area contributed by atoms with E-state index in [-0.39, 0.29) is 37.2 Å². The fourth-order valence-corrected chi connectivity index (χ4v) is 3.54. The number of carbonyl (C=O) groups is 3. The van der Waals surface area contributed by atoms with Crippen molar-refractivity contribution in [2.45, 2.75) is 25.8 Å². The third-order valence-corrected chi connectivity index (χ3v) is 5.02. The van der Waals surface area contributed by atoms with Gasteiger partial charge in [0.1, 0.15) is 5.75 Å². The highest BCUT2D eigenvalue weighted by molar-refractivity contribution is 6.05. The molecule has 3 rings (SSSR count). The van der Waals surface area contributed by atoms with Gasteiger partial charge < -0.3 is 25.6 Å². The predicted octanol–water partition coefficient (Wildman–Crippen LogP) is 2.14. The highest BCUT2D eigenvalue weighted by atomic mass is 16.5. The average Bonchev–Trinajstić information content (AvgIpc) is 2.85. The lowest BCUT2D eigenvalue weighted by Crippen LogP contribution is -2.45. The van der Waals surface area contributed by atoms with Crippen molar-refractivity contribution in [1.82, 2.24) is 0 Å². The van der Waals surface area contributed by atoms with Crippen LogP contribution in [0.5, 0.6) is 5.75 Å². The summed E-state index contributed by atoms with van der Waals surface area (Å²) in [6.07, 6.45) is 0.315. The van der Waals surface area contributed by atoms with Crippen molar-refractivity contribution in [2.75, 3.05) is 35.3 Å². The molecule has 0 aliphatic carbocycles. The zero-order valence-electron chi connectivity index (χ0n) is 17.1.